The van der Waals surface area contributed by atoms with Gasteiger partial charge in [-0.05, 0) is 36.4 Å². The zero-order chi connectivity index (χ0) is 25.9. The van der Waals surface area contributed by atoms with Gasteiger partial charge in [0.15, 0.2) is 5.58 Å². The molecule has 0 bridgehead atoms. The minimum absolute atomic E-state index is 0.00927. The highest BCUT2D eigenvalue weighted by molar-refractivity contribution is 14.1. The number of nitrogens with zero attached hydrogens (tertiary/aromatic N) is 1. The molecule has 36 heavy (non-hydrogen) atoms. The van der Waals surface area contributed by atoms with Crippen molar-refractivity contribution >= 4 is 62.8 Å². The van der Waals surface area contributed by atoms with Gasteiger partial charge in [0, 0.05) is 50.4 Å². The van der Waals surface area contributed by atoms with Crippen molar-refractivity contribution < 1.29 is 36.0 Å². The molecule has 5 rings (SSSR count). The van der Waals surface area contributed by atoms with Gasteiger partial charge < -0.3 is 15.1 Å². The molecule has 0 spiro atoms. The van der Waals surface area contributed by atoms with Crippen LogP contribution in [0.4, 0.5) is 27.6 Å². The number of halogens is 7. The number of hydrogen-bond acceptors (Lipinski definition) is 4. The van der Waals surface area contributed by atoms with Crippen LogP contribution in [0.5, 0.6) is 0 Å². The van der Waals surface area contributed by atoms with E-state index in [-0.39, 0.29) is 48.5 Å². The van der Waals surface area contributed by atoms with E-state index in [2.05, 4.69) is 15.6 Å². The topological polar surface area (TPSA) is 84.2 Å². The molecule has 2 amide bonds. The second-order valence-corrected chi connectivity index (χ2v) is 9.11. The van der Waals surface area contributed by atoms with Crippen LogP contribution in [-0.4, -0.2) is 16.8 Å². The summed E-state index contributed by atoms with van der Waals surface area (Å²) in [6.45, 7) is 0. The Morgan fingerprint density at radius 3 is 2.58 bits per heavy atom. The fourth-order valence-corrected chi connectivity index (χ4v) is 4.71. The zero-order valence-corrected chi connectivity index (χ0v) is 20.3. The predicted octanol–water partition coefficient (Wildman–Crippen LogP) is 6.47. The summed E-state index contributed by atoms with van der Waals surface area (Å²) in [5.41, 5.74) is -1.42. The van der Waals surface area contributed by atoms with E-state index < -0.39 is 46.8 Å². The minimum atomic E-state index is -4.89. The molecule has 0 saturated heterocycles. The summed E-state index contributed by atoms with van der Waals surface area (Å²) in [6, 6.07) is 5.21. The Morgan fingerprint density at radius 1 is 1.11 bits per heavy atom. The first-order valence-corrected chi connectivity index (χ1v) is 11.5. The number of oxazole rings is 1. The van der Waals surface area contributed by atoms with Gasteiger partial charge in [0.05, 0.1) is 22.9 Å². The van der Waals surface area contributed by atoms with Gasteiger partial charge in [0.25, 0.3) is 15.7 Å². The Labute approximate surface area is 217 Å². The van der Waals surface area contributed by atoms with Crippen molar-refractivity contribution in [1.29, 1.82) is 0 Å². The van der Waals surface area contributed by atoms with Crippen LogP contribution in [0, 0.1) is 15.5 Å². The molecule has 1 aromatic heterocycles. The summed E-state index contributed by atoms with van der Waals surface area (Å²) >= 11 is 8.03. The number of aromatic nitrogens is 1. The van der Waals surface area contributed by atoms with E-state index in [1.54, 1.807) is 22.6 Å². The van der Waals surface area contributed by atoms with Crippen molar-refractivity contribution in [3.8, 4) is 0 Å². The van der Waals surface area contributed by atoms with Gasteiger partial charge in [-0.15, -0.1) is 0 Å². The molecule has 0 saturated carbocycles. The highest BCUT2D eigenvalue weighted by Crippen LogP contribution is 2.43. The van der Waals surface area contributed by atoms with Gasteiger partial charge in [-0.25, -0.2) is 13.8 Å². The molecule has 1 aliphatic rings. The van der Waals surface area contributed by atoms with E-state index in [4.69, 9.17) is 16.0 Å². The first-order chi connectivity index (χ1) is 16.9. The Bertz CT molecular complexity index is 1590. The predicted molar refractivity (Wildman–Crippen MR) is 127 cm³/mol. The molecule has 2 N–H and O–H groups in total. The quantitative estimate of drug-likeness (QED) is 0.200. The van der Waals surface area contributed by atoms with E-state index >= 15 is 0 Å². The molecule has 1 unspecified atom stereocenters. The lowest BCUT2D eigenvalue weighted by atomic mass is 9.95. The molecule has 2 heterocycles. The molecule has 6 nitrogen and oxygen atoms in total. The third-order valence-electron chi connectivity index (χ3n) is 5.49. The second-order valence-electron chi connectivity index (χ2n) is 7.78. The van der Waals surface area contributed by atoms with E-state index in [0.717, 1.165) is 12.1 Å². The molecule has 4 aromatic rings. The zero-order valence-electron chi connectivity index (χ0n) is 17.4. The van der Waals surface area contributed by atoms with E-state index in [0.29, 0.717) is 12.1 Å². The molecular weight excluding hydrogens is 624 g/mol. The number of rotatable bonds is 3. The first kappa shape index (κ1) is 24.4. The van der Waals surface area contributed by atoms with Crippen LogP contribution in [0.3, 0.4) is 0 Å². The maximum absolute atomic E-state index is 14.0. The lowest BCUT2D eigenvalue weighted by Crippen LogP contribution is -2.21. The molecule has 0 radical (unpaired) electrons. The fourth-order valence-electron chi connectivity index (χ4n) is 4.01. The number of hydrogen-bond donors (Lipinski definition) is 2. The van der Waals surface area contributed by atoms with Crippen molar-refractivity contribution in [2.75, 3.05) is 5.32 Å². The van der Waals surface area contributed by atoms with E-state index in [9.17, 15) is 31.5 Å². The van der Waals surface area contributed by atoms with Crippen LogP contribution >= 0.6 is 34.2 Å². The number of fused-ring (bicyclic) bond motifs is 3. The lowest BCUT2D eigenvalue weighted by Gasteiger charge is -2.18. The van der Waals surface area contributed by atoms with Crippen molar-refractivity contribution in [2.24, 2.45) is 0 Å². The normalized spacial score (nSPS) is 15.2. The Hall–Kier alpha value is -3.26. The molecule has 184 valence electrons. The Morgan fingerprint density at radius 2 is 1.86 bits per heavy atom. The number of amides is 2. The minimum Gasteiger partial charge on any atom is -0.432 e. The highest BCUT2D eigenvalue weighted by Gasteiger charge is 2.38. The molecule has 13 heteroatoms. The van der Waals surface area contributed by atoms with Gasteiger partial charge in [-0.3, -0.25) is 9.59 Å². The summed E-state index contributed by atoms with van der Waals surface area (Å²) in [5, 5.41) is 5.20. The fraction of sp³-hybridized carbons (Fsp3) is 0.0870. The van der Waals surface area contributed by atoms with E-state index in [1.807, 2.05) is 0 Å². The van der Waals surface area contributed by atoms with Gasteiger partial charge in [0.2, 0.25) is 0 Å². The first-order valence-electron chi connectivity index (χ1n) is 10.0. The summed E-state index contributed by atoms with van der Waals surface area (Å²) in [4.78, 5) is 30.1. The molecular formula is C23H10ClF5IN3O3. The number of nitrogens with one attached hydrogen (secondary N) is 2. The Kier molecular flexibility index (Phi) is 5.90. The molecule has 1 atom stereocenters. The molecule has 0 fully saturated rings. The number of carbonyl (C=O) groups is 2. The van der Waals surface area contributed by atoms with Crippen molar-refractivity contribution in [1.82, 2.24) is 10.3 Å². The largest absolute Gasteiger partial charge is 0.432 e. The maximum atomic E-state index is 14.0. The third kappa shape index (κ3) is 4.28. The smallest absolute Gasteiger partial charge is 0.416 e. The van der Waals surface area contributed by atoms with Crippen LogP contribution in [-0.2, 0) is 6.18 Å². The average molecular weight is 634 g/mol. The van der Waals surface area contributed by atoms with Crippen LogP contribution in [0.2, 0.25) is 5.02 Å². The molecule has 1 aliphatic heterocycles. The van der Waals surface area contributed by atoms with Crippen LogP contribution < -0.4 is 10.6 Å². The third-order valence-corrected chi connectivity index (χ3v) is 6.30. The second kappa shape index (κ2) is 8.69. The summed E-state index contributed by atoms with van der Waals surface area (Å²) in [7, 11) is 0. The van der Waals surface area contributed by atoms with Gasteiger partial charge in [-0.2, -0.15) is 13.2 Å². The summed E-state index contributed by atoms with van der Waals surface area (Å²) in [6.07, 6.45) is -4.89. The van der Waals surface area contributed by atoms with Crippen molar-refractivity contribution in [3.63, 3.8) is 0 Å². The number of carbonyl (C=O) groups excluding carboxylic acids is 2. The lowest BCUT2D eigenvalue weighted by molar-refractivity contribution is -0.137. The van der Waals surface area contributed by atoms with Gasteiger partial charge >= 0.3 is 6.18 Å². The number of anilines is 1. The van der Waals surface area contributed by atoms with Crippen LogP contribution in [0.25, 0.3) is 11.1 Å². The maximum Gasteiger partial charge on any atom is 0.416 e. The van der Waals surface area contributed by atoms with Crippen molar-refractivity contribution in [2.45, 2.75) is 12.2 Å². The summed E-state index contributed by atoms with van der Waals surface area (Å²) in [5.74, 6) is -3.61. The standard InChI is InChI=1S/C23H10ClF5IN3O3/c24-13-2-1-10(25)6-12(13)18-16-14(7-15-19(33-22(30)36-15)17(16)21(35)32-18)31-20(34)8-3-9(23(27,28)29)5-11(26)4-8/h1-7,18H,(H,31,34)(H,32,35). The van der Waals surface area contributed by atoms with Crippen LogP contribution in [0.1, 0.15) is 43.4 Å². The van der Waals surface area contributed by atoms with E-state index in [1.165, 1.54) is 12.1 Å². The average Bonchev–Trinajstić information content (AvgIpc) is 3.33. The number of alkyl halides is 3. The molecule has 0 aliphatic carbocycles. The molecule has 3 aromatic carbocycles. The monoisotopic (exact) mass is 633 g/mol. The van der Waals surface area contributed by atoms with Crippen molar-refractivity contribution in [3.05, 3.63) is 90.8 Å². The Balaban J connectivity index is 1.67. The van der Waals surface area contributed by atoms with Crippen LogP contribution in [0.15, 0.2) is 46.9 Å². The van der Waals surface area contributed by atoms with Gasteiger partial charge in [-0.1, -0.05) is 11.6 Å². The van der Waals surface area contributed by atoms with Gasteiger partial charge in [0.1, 0.15) is 17.2 Å². The highest BCUT2D eigenvalue weighted by atomic mass is 127. The number of benzene rings is 3. The SMILES string of the molecule is O=C(Nc1cc2oc(I)nc2c2c1C(c1cc(F)ccc1Cl)NC2=O)c1cc(F)cc(C(F)(F)F)c1. The summed E-state index contributed by atoms with van der Waals surface area (Å²) < 4.78 is 73.0.